The maximum Gasteiger partial charge on any atom is 0.325 e. The number of esters is 1. The molecular weight excluding hydrogens is 330 g/mol. The molecule has 0 bridgehead atoms. The molecule has 2 aromatic rings. The highest BCUT2D eigenvalue weighted by Crippen LogP contribution is 2.43. The van der Waals surface area contributed by atoms with Crippen molar-refractivity contribution >= 4 is 5.97 Å². The summed E-state index contributed by atoms with van der Waals surface area (Å²) in [4.78, 5) is 14.5. The maximum atomic E-state index is 12.3. The lowest BCUT2D eigenvalue weighted by molar-refractivity contribution is -0.143. The second-order valence-corrected chi connectivity index (χ2v) is 6.33. The first kappa shape index (κ1) is 18.3. The molecule has 0 aliphatic carbocycles. The Morgan fingerprint density at radius 1 is 0.962 bits per heavy atom. The van der Waals surface area contributed by atoms with Crippen LogP contribution in [0, 0.1) is 0 Å². The van der Waals surface area contributed by atoms with Crippen molar-refractivity contribution in [3.63, 3.8) is 0 Å². The summed E-state index contributed by atoms with van der Waals surface area (Å²) in [6.45, 7) is 4.28. The van der Waals surface area contributed by atoms with Gasteiger partial charge in [-0.15, -0.1) is 0 Å². The highest BCUT2D eigenvalue weighted by Gasteiger charge is 2.54. The molecule has 0 spiro atoms. The second kappa shape index (κ2) is 7.79. The Bertz CT molecular complexity index is 694. The van der Waals surface area contributed by atoms with Crippen molar-refractivity contribution in [1.29, 1.82) is 0 Å². The fraction of sp³-hybridized carbons (Fsp3) is 0.381. The number of methoxy groups -OCH3 is 2. The Morgan fingerprint density at radius 3 is 1.81 bits per heavy atom. The van der Waals surface area contributed by atoms with Gasteiger partial charge in [-0.25, -0.2) is 0 Å². The van der Waals surface area contributed by atoms with E-state index in [1.54, 1.807) is 14.2 Å². The minimum Gasteiger partial charge on any atom is -0.497 e. The molecule has 5 heteroatoms. The molecule has 0 radical (unpaired) electrons. The molecule has 1 aliphatic heterocycles. The largest absolute Gasteiger partial charge is 0.497 e. The van der Waals surface area contributed by atoms with Gasteiger partial charge < -0.3 is 14.2 Å². The van der Waals surface area contributed by atoms with Gasteiger partial charge in [-0.05, 0) is 49.2 Å². The van der Waals surface area contributed by atoms with Gasteiger partial charge >= 0.3 is 5.97 Å². The van der Waals surface area contributed by atoms with Gasteiger partial charge in [0.2, 0.25) is 0 Å². The molecule has 1 saturated heterocycles. The summed E-state index contributed by atoms with van der Waals surface area (Å²) in [6, 6.07) is 15.8. The Labute approximate surface area is 154 Å². The van der Waals surface area contributed by atoms with Crippen LogP contribution >= 0.6 is 0 Å². The van der Waals surface area contributed by atoms with Crippen LogP contribution < -0.4 is 9.47 Å². The Morgan fingerprint density at radius 2 is 1.42 bits per heavy atom. The van der Waals surface area contributed by atoms with Crippen LogP contribution in [0.3, 0.4) is 0 Å². The summed E-state index contributed by atoms with van der Waals surface area (Å²) in [6.07, 6.45) is 0. The van der Waals surface area contributed by atoms with E-state index in [4.69, 9.17) is 14.2 Å². The summed E-state index contributed by atoms with van der Waals surface area (Å²) in [5.74, 6) is 1.46. The highest BCUT2D eigenvalue weighted by molar-refractivity contribution is 5.80. The first-order chi connectivity index (χ1) is 12.6. The van der Waals surface area contributed by atoms with Crippen molar-refractivity contribution in [1.82, 2.24) is 4.90 Å². The van der Waals surface area contributed by atoms with Gasteiger partial charge in [-0.2, -0.15) is 0 Å². The van der Waals surface area contributed by atoms with Crippen LogP contribution in [0.15, 0.2) is 48.5 Å². The summed E-state index contributed by atoms with van der Waals surface area (Å²) in [5, 5.41) is 0. The number of benzene rings is 2. The number of ether oxygens (including phenoxy) is 3. The van der Waals surface area contributed by atoms with Gasteiger partial charge in [-0.1, -0.05) is 24.3 Å². The maximum absolute atomic E-state index is 12.3. The lowest BCUT2D eigenvalue weighted by atomic mass is 9.98. The van der Waals surface area contributed by atoms with E-state index in [9.17, 15) is 4.79 Å². The molecule has 0 N–H and O–H groups in total. The van der Waals surface area contributed by atoms with Crippen molar-refractivity contribution in [2.45, 2.75) is 32.0 Å². The van der Waals surface area contributed by atoms with Gasteiger partial charge in [0.25, 0.3) is 0 Å². The molecular formula is C21H25NO4. The Kier molecular flexibility index (Phi) is 5.47. The van der Waals surface area contributed by atoms with Gasteiger partial charge in [0.15, 0.2) is 0 Å². The summed E-state index contributed by atoms with van der Waals surface area (Å²) in [7, 11) is 3.30. The molecule has 1 heterocycles. The van der Waals surface area contributed by atoms with Crippen molar-refractivity contribution in [2.24, 2.45) is 0 Å². The number of carbonyl (C=O) groups excluding carboxylic acids is 1. The predicted molar refractivity (Wildman–Crippen MR) is 99.6 cm³/mol. The SMILES string of the molecule is CCOC(=O)[C@@H]1[C@H](C)N1C(c1ccc(OC)cc1)c1ccc(OC)cc1. The third-order valence-corrected chi connectivity index (χ3v) is 4.85. The molecule has 0 saturated carbocycles. The van der Waals surface area contributed by atoms with E-state index in [1.165, 1.54) is 0 Å². The van der Waals surface area contributed by atoms with Crippen molar-refractivity contribution in [3.8, 4) is 11.5 Å². The van der Waals surface area contributed by atoms with Gasteiger partial charge in [0.05, 0.1) is 26.9 Å². The number of hydrogen-bond acceptors (Lipinski definition) is 5. The Hall–Kier alpha value is -2.53. The average Bonchev–Trinajstić information content (AvgIpc) is 3.33. The number of rotatable bonds is 7. The van der Waals surface area contributed by atoms with Crippen LogP contribution in [0.1, 0.15) is 31.0 Å². The van der Waals surface area contributed by atoms with Crippen LogP contribution in [0.25, 0.3) is 0 Å². The van der Waals surface area contributed by atoms with E-state index in [1.807, 2.05) is 55.5 Å². The fourth-order valence-electron chi connectivity index (χ4n) is 3.42. The summed E-state index contributed by atoms with van der Waals surface area (Å²) < 4.78 is 15.8. The van der Waals surface area contributed by atoms with Crippen LogP contribution in [-0.2, 0) is 9.53 Å². The zero-order valence-corrected chi connectivity index (χ0v) is 15.6. The van der Waals surface area contributed by atoms with E-state index in [0.29, 0.717) is 6.61 Å². The van der Waals surface area contributed by atoms with Gasteiger partial charge in [0, 0.05) is 6.04 Å². The fourth-order valence-corrected chi connectivity index (χ4v) is 3.42. The lowest BCUT2D eigenvalue weighted by Crippen LogP contribution is -2.20. The summed E-state index contributed by atoms with van der Waals surface area (Å²) in [5.41, 5.74) is 2.21. The zero-order chi connectivity index (χ0) is 18.7. The van der Waals surface area contributed by atoms with E-state index < -0.39 is 0 Å². The molecule has 1 aliphatic rings. The number of hydrogen-bond donors (Lipinski definition) is 0. The second-order valence-electron chi connectivity index (χ2n) is 6.33. The standard InChI is InChI=1S/C21H25NO4/c1-5-26-21(23)19-14(2)22(19)20(15-6-10-17(24-3)11-7-15)16-8-12-18(25-4)13-9-16/h6-14,19-20H,5H2,1-4H3/t14-,19-,22?/m0/s1. The lowest BCUT2D eigenvalue weighted by Gasteiger charge is -2.21. The third-order valence-electron chi connectivity index (χ3n) is 4.85. The highest BCUT2D eigenvalue weighted by atomic mass is 16.5. The van der Waals surface area contributed by atoms with Crippen molar-refractivity contribution in [2.75, 3.05) is 20.8 Å². The normalized spacial score (nSPS) is 21.3. The molecule has 3 rings (SSSR count). The van der Waals surface area contributed by atoms with Crippen LogP contribution in [-0.4, -0.2) is 43.8 Å². The molecule has 26 heavy (non-hydrogen) atoms. The molecule has 2 aromatic carbocycles. The first-order valence-electron chi connectivity index (χ1n) is 8.82. The monoisotopic (exact) mass is 355 g/mol. The zero-order valence-electron chi connectivity index (χ0n) is 15.6. The molecule has 3 atom stereocenters. The Balaban J connectivity index is 1.94. The van der Waals surface area contributed by atoms with E-state index in [2.05, 4.69) is 11.8 Å². The van der Waals surface area contributed by atoms with E-state index >= 15 is 0 Å². The van der Waals surface area contributed by atoms with Crippen LogP contribution in [0.4, 0.5) is 0 Å². The molecule has 138 valence electrons. The smallest absolute Gasteiger partial charge is 0.325 e. The van der Waals surface area contributed by atoms with Crippen LogP contribution in [0.2, 0.25) is 0 Å². The van der Waals surface area contributed by atoms with E-state index in [-0.39, 0.29) is 24.1 Å². The van der Waals surface area contributed by atoms with Crippen molar-refractivity contribution < 1.29 is 19.0 Å². The summed E-state index contributed by atoms with van der Waals surface area (Å²) >= 11 is 0. The minimum atomic E-state index is -0.218. The van der Waals surface area contributed by atoms with Gasteiger partial charge in [0.1, 0.15) is 17.5 Å². The minimum absolute atomic E-state index is 0.0313. The third kappa shape index (κ3) is 3.53. The number of nitrogens with zero attached hydrogens (tertiary/aromatic N) is 1. The molecule has 5 nitrogen and oxygen atoms in total. The molecule has 1 fully saturated rings. The first-order valence-corrected chi connectivity index (χ1v) is 8.82. The molecule has 1 unspecified atom stereocenters. The predicted octanol–water partition coefficient (Wildman–Crippen LogP) is 3.43. The molecule has 0 aromatic heterocycles. The van der Waals surface area contributed by atoms with Gasteiger partial charge in [-0.3, -0.25) is 9.69 Å². The quantitative estimate of drug-likeness (QED) is 0.562. The van der Waals surface area contributed by atoms with Crippen LogP contribution in [0.5, 0.6) is 11.5 Å². The van der Waals surface area contributed by atoms with Crippen molar-refractivity contribution in [3.05, 3.63) is 59.7 Å². The molecule has 0 amide bonds. The van der Waals surface area contributed by atoms with E-state index in [0.717, 1.165) is 22.6 Å². The topological polar surface area (TPSA) is 47.8 Å². The average molecular weight is 355 g/mol. The number of carbonyl (C=O) groups is 1.